The summed E-state index contributed by atoms with van der Waals surface area (Å²) in [6, 6.07) is 85.5. The van der Waals surface area contributed by atoms with Crippen LogP contribution in [-0.4, -0.2) is 15.8 Å². The van der Waals surface area contributed by atoms with Crippen LogP contribution in [0, 0.1) is 16.2 Å². The largest absolute Gasteiger partial charge is 0.311 e. The fourth-order valence-electron chi connectivity index (χ4n) is 15.8. The molecule has 0 saturated heterocycles. The molecule has 0 aliphatic carbocycles. The van der Waals surface area contributed by atoms with Gasteiger partial charge in [-0.05, 0) is 187 Å². The molecule has 0 radical (unpaired) electrons. The van der Waals surface area contributed by atoms with E-state index in [0.29, 0.717) is 28.2 Å². The van der Waals surface area contributed by atoms with E-state index < -0.39 is 6.71 Å². The Balaban J connectivity index is 1.03. The van der Waals surface area contributed by atoms with Crippen molar-refractivity contribution in [3.8, 4) is 55.9 Å². The predicted octanol–water partition coefficient (Wildman–Crippen LogP) is 23.4. The Labute approximate surface area is 589 Å². The standard InChI is InChI=1S/C93H81BN4/c1-91(2,3)58-61-38-48-82-76(50-61)74-34-22-24-36-80(74)95(82)70-42-46-78-86(56-70)97(84-54-68(64-26-14-10-15-27-64)40-44-72(84)66-30-18-12-19-31-66)88-52-63(60-93(7,8)9)53-89-90(88)94(78)79-47-43-71(96-81-37-25-23-35-75(81)77-51-62(39-49-83(77)96)59-92(4,5)6)57-87(79)98(89)85-55-69(65-28-16-11-17-29-65)41-45-73(85)67-32-20-13-21-33-67/h10-57H,58-60H2,1-9H3/i22D,23D,24D,25D,34D,35D,36D,37D. The highest BCUT2D eigenvalue weighted by molar-refractivity contribution is 7.00. The first-order chi connectivity index (χ1) is 50.8. The number of benzene rings is 13. The summed E-state index contributed by atoms with van der Waals surface area (Å²) in [5.41, 5.74) is 23.8. The normalized spacial score (nSPS) is 14.2. The van der Waals surface area contributed by atoms with Crippen LogP contribution >= 0.6 is 0 Å². The molecule has 2 aromatic heterocycles. The van der Waals surface area contributed by atoms with Gasteiger partial charge >= 0.3 is 0 Å². The molecule has 17 rings (SSSR count). The number of para-hydroxylation sites is 2. The number of rotatable bonds is 11. The molecule has 476 valence electrons. The van der Waals surface area contributed by atoms with Crippen molar-refractivity contribution in [2.24, 2.45) is 16.2 Å². The molecule has 0 amide bonds. The summed E-state index contributed by atoms with van der Waals surface area (Å²) in [7, 11) is 0. The van der Waals surface area contributed by atoms with Crippen molar-refractivity contribution < 1.29 is 11.0 Å². The fraction of sp³-hybridized carbons (Fsp3) is 0.161. The second kappa shape index (κ2) is 23.5. The molecule has 2 aliphatic heterocycles. The average Bonchev–Trinajstić information content (AvgIpc) is 0.939. The van der Waals surface area contributed by atoms with Crippen molar-refractivity contribution in [1.82, 2.24) is 9.13 Å². The Kier molecular flexibility index (Phi) is 12.5. The number of anilines is 6. The van der Waals surface area contributed by atoms with Gasteiger partial charge < -0.3 is 18.9 Å². The van der Waals surface area contributed by atoms with E-state index in [-0.39, 0.29) is 64.6 Å². The van der Waals surface area contributed by atoms with Crippen LogP contribution in [0.4, 0.5) is 34.1 Å². The first kappa shape index (κ1) is 52.3. The number of hydrogen-bond acceptors (Lipinski definition) is 2. The van der Waals surface area contributed by atoms with E-state index >= 15 is 0 Å². The zero-order valence-electron chi connectivity index (χ0n) is 65.1. The highest BCUT2D eigenvalue weighted by Gasteiger charge is 2.45. The summed E-state index contributed by atoms with van der Waals surface area (Å²) in [6.45, 7) is 19.7. The zero-order chi connectivity index (χ0) is 73.7. The van der Waals surface area contributed by atoms with Crippen molar-refractivity contribution >= 4 is 101 Å². The SMILES string of the molecule is [2H]c1c([2H])c([2H])c2c(c1[2H])c1cc(CC(C)(C)C)ccc1n2-c1ccc2c(c1)N(c1cc(-c3ccccc3)ccc1-c1ccccc1)c1cc(CC(C)(C)C)cc3c1B2c1ccc(-n2c4ccc(CC(C)(C)C)cc4c4c([2H])c([2H])c([2H])c([2H])c42)cc1N3c1cc(-c2ccccc2)ccc1-c1ccccc1. The van der Waals surface area contributed by atoms with E-state index in [1.54, 1.807) is 0 Å². The summed E-state index contributed by atoms with van der Waals surface area (Å²) < 4.78 is 80.3. The lowest BCUT2D eigenvalue weighted by Crippen LogP contribution is -2.61. The molecular formula is C93H81BN4. The Morgan fingerprint density at radius 1 is 0.296 bits per heavy atom. The smallest absolute Gasteiger partial charge is 0.252 e. The first-order valence-electron chi connectivity index (χ1n) is 38.4. The molecule has 4 nitrogen and oxygen atoms in total. The van der Waals surface area contributed by atoms with Crippen LogP contribution < -0.4 is 26.2 Å². The molecule has 4 heterocycles. The topological polar surface area (TPSA) is 16.3 Å². The molecule has 15 aromatic rings. The van der Waals surface area contributed by atoms with Crippen molar-refractivity contribution in [2.75, 3.05) is 9.80 Å². The van der Waals surface area contributed by atoms with Gasteiger partial charge in [-0.1, -0.05) is 268 Å². The maximum Gasteiger partial charge on any atom is 0.252 e. The second-order valence-corrected chi connectivity index (χ2v) is 30.6. The molecule has 0 saturated carbocycles. The Bertz CT molecular complexity index is 5750. The van der Waals surface area contributed by atoms with Crippen LogP contribution in [0.25, 0.3) is 99.5 Å². The molecule has 0 fully saturated rings. The lowest BCUT2D eigenvalue weighted by molar-refractivity contribution is 0.411. The summed E-state index contributed by atoms with van der Waals surface area (Å²) in [6.07, 6.45) is 2.23. The molecular weight excluding hydrogens is 1180 g/mol. The number of aromatic nitrogens is 2. The van der Waals surface area contributed by atoms with E-state index in [1.807, 2.05) is 0 Å². The quantitative estimate of drug-likeness (QED) is 0.120. The van der Waals surface area contributed by atoms with E-state index in [0.717, 1.165) is 158 Å². The summed E-state index contributed by atoms with van der Waals surface area (Å²) in [4.78, 5) is 4.99. The van der Waals surface area contributed by atoms with E-state index in [1.165, 1.54) is 0 Å². The molecule has 0 atom stereocenters. The Morgan fingerprint density at radius 2 is 0.673 bits per heavy atom. The lowest BCUT2D eigenvalue weighted by atomic mass is 9.33. The minimum atomic E-state index is -0.449. The maximum atomic E-state index is 9.90. The van der Waals surface area contributed by atoms with Crippen LogP contribution in [0.15, 0.2) is 291 Å². The number of hydrogen-bond donors (Lipinski definition) is 0. The molecule has 0 N–H and O–H groups in total. The van der Waals surface area contributed by atoms with Gasteiger partial charge in [-0.25, -0.2) is 0 Å². The highest BCUT2D eigenvalue weighted by atomic mass is 15.2. The van der Waals surface area contributed by atoms with Crippen molar-refractivity contribution in [3.63, 3.8) is 0 Å². The van der Waals surface area contributed by atoms with E-state index in [4.69, 9.17) is 2.74 Å². The van der Waals surface area contributed by atoms with Gasteiger partial charge in [0.15, 0.2) is 0 Å². The maximum absolute atomic E-state index is 9.90. The summed E-state index contributed by atoms with van der Waals surface area (Å²) >= 11 is 0. The van der Waals surface area contributed by atoms with Gasteiger partial charge in [0.1, 0.15) is 0 Å². The third kappa shape index (κ3) is 10.8. The highest BCUT2D eigenvalue weighted by Crippen LogP contribution is 2.52. The molecule has 98 heavy (non-hydrogen) atoms. The summed E-state index contributed by atoms with van der Waals surface area (Å²) in [5, 5.41) is 2.47. The number of fused-ring (bicyclic) bond motifs is 10. The van der Waals surface area contributed by atoms with Crippen LogP contribution in [0.1, 0.15) is 90.0 Å². The Hall–Kier alpha value is -10.9. The summed E-state index contributed by atoms with van der Waals surface area (Å²) in [5.74, 6) is 0. The average molecular weight is 1270 g/mol. The van der Waals surface area contributed by atoms with Crippen molar-refractivity contribution in [1.29, 1.82) is 0 Å². The molecule has 2 aliphatic rings. The van der Waals surface area contributed by atoms with Crippen molar-refractivity contribution in [3.05, 3.63) is 308 Å². The first-order valence-corrected chi connectivity index (χ1v) is 34.4. The molecule has 0 bridgehead atoms. The van der Waals surface area contributed by atoms with Crippen LogP contribution in [0.5, 0.6) is 0 Å². The monoisotopic (exact) mass is 1270 g/mol. The van der Waals surface area contributed by atoms with Gasteiger partial charge in [-0.3, -0.25) is 0 Å². The third-order valence-electron chi connectivity index (χ3n) is 19.6. The van der Waals surface area contributed by atoms with E-state index in [9.17, 15) is 8.22 Å². The van der Waals surface area contributed by atoms with Gasteiger partial charge in [0.2, 0.25) is 0 Å². The second-order valence-electron chi connectivity index (χ2n) is 30.6. The Morgan fingerprint density at radius 3 is 1.07 bits per heavy atom. The van der Waals surface area contributed by atoms with Crippen molar-refractivity contribution in [2.45, 2.75) is 81.6 Å². The van der Waals surface area contributed by atoms with Crippen LogP contribution in [0.3, 0.4) is 0 Å². The lowest BCUT2D eigenvalue weighted by Gasteiger charge is -2.45. The van der Waals surface area contributed by atoms with E-state index in [2.05, 4.69) is 324 Å². The predicted molar refractivity (Wildman–Crippen MR) is 420 cm³/mol. The molecule has 5 heteroatoms. The minimum Gasteiger partial charge on any atom is -0.311 e. The van der Waals surface area contributed by atoms with Gasteiger partial charge in [0, 0.05) is 66.8 Å². The minimum absolute atomic E-state index is 0.0579. The van der Waals surface area contributed by atoms with Gasteiger partial charge in [0.05, 0.1) is 44.4 Å². The van der Waals surface area contributed by atoms with Gasteiger partial charge in [0.25, 0.3) is 6.71 Å². The van der Waals surface area contributed by atoms with Gasteiger partial charge in [-0.2, -0.15) is 0 Å². The number of nitrogens with zero attached hydrogens (tertiary/aromatic N) is 4. The fourth-order valence-corrected chi connectivity index (χ4v) is 15.8. The van der Waals surface area contributed by atoms with Crippen LogP contribution in [0.2, 0.25) is 0 Å². The molecule has 13 aromatic carbocycles. The van der Waals surface area contributed by atoms with Crippen LogP contribution in [-0.2, 0) is 19.3 Å². The zero-order valence-corrected chi connectivity index (χ0v) is 57.1. The molecule has 0 unspecified atom stereocenters. The third-order valence-corrected chi connectivity index (χ3v) is 19.6. The molecule has 0 spiro atoms. The van der Waals surface area contributed by atoms with Gasteiger partial charge in [-0.15, -0.1) is 0 Å².